The van der Waals surface area contributed by atoms with Crippen LogP contribution >= 0.6 is 24.0 Å². The summed E-state index contributed by atoms with van der Waals surface area (Å²) in [6.45, 7) is 4.85. The molecule has 2 N–H and O–H groups in total. The largest absolute Gasteiger partial charge is 0.497 e. The molecule has 1 aliphatic rings. The standard InChI is InChI=1S/C24H34N4O2.HI/c1-25-24(27-17-21-11-12-22(29-2)15-23(21)30-3)26-16-19-7-9-20(10-8-19)18-28-13-5-4-6-14-28;/h7-12,15H,4-6,13-14,16-18H2,1-3H3,(H2,25,26,27);1H. The number of nitrogens with one attached hydrogen (secondary N) is 2. The van der Waals surface area contributed by atoms with E-state index in [2.05, 4.69) is 44.8 Å². The second-order valence-corrected chi connectivity index (χ2v) is 7.61. The van der Waals surface area contributed by atoms with Crippen molar-refractivity contribution >= 4 is 29.9 Å². The fourth-order valence-electron chi connectivity index (χ4n) is 3.72. The van der Waals surface area contributed by atoms with Crippen LogP contribution in [0.1, 0.15) is 36.0 Å². The van der Waals surface area contributed by atoms with E-state index in [4.69, 9.17) is 9.47 Å². The van der Waals surface area contributed by atoms with Gasteiger partial charge >= 0.3 is 0 Å². The van der Waals surface area contributed by atoms with E-state index in [0.29, 0.717) is 6.54 Å². The summed E-state index contributed by atoms with van der Waals surface area (Å²) in [4.78, 5) is 6.88. The zero-order valence-electron chi connectivity index (χ0n) is 18.8. The van der Waals surface area contributed by atoms with Gasteiger partial charge in [-0.25, -0.2) is 0 Å². The van der Waals surface area contributed by atoms with Gasteiger partial charge < -0.3 is 20.1 Å². The molecule has 0 aromatic heterocycles. The van der Waals surface area contributed by atoms with Crippen molar-refractivity contribution in [1.82, 2.24) is 15.5 Å². The Labute approximate surface area is 203 Å². The van der Waals surface area contributed by atoms with Crippen LogP contribution in [-0.2, 0) is 19.6 Å². The van der Waals surface area contributed by atoms with Crippen LogP contribution in [0.3, 0.4) is 0 Å². The van der Waals surface area contributed by atoms with Crippen molar-refractivity contribution < 1.29 is 9.47 Å². The van der Waals surface area contributed by atoms with Gasteiger partial charge in [-0.2, -0.15) is 0 Å². The van der Waals surface area contributed by atoms with Crippen molar-refractivity contribution in [1.29, 1.82) is 0 Å². The summed E-state index contributed by atoms with van der Waals surface area (Å²) < 4.78 is 10.7. The smallest absolute Gasteiger partial charge is 0.191 e. The van der Waals surface area contributed by atoms with E-state index in [1.54, 1.807) is 21.3 Å². The molecule has 0 atom stereocenters. The Morgan fingerprint density at radius 1 is 0.903 bits per heavy atom. The molecule has 0 amide bonds. The zero-order chi connectivity index (χ0) is 21.2. The number of hydrogen-bond acceptors (Lipinski definition) is 4. The summed E-state index contributed by atoms with van der Waals surface area (Å²) in [5, 5.41) is 6.72. The first kappa shape index (κ1) is 25.3. The van der Waals surface area contributed by atoms with Gasteiger partial charge in [0.1, 0.15) is 11.5 Å². The Balaban J connectivity index is 0.00000341. The molecule has 2 aromatic rings. The van der Waals surface area contributed by atoms with E-state index in [-0.39, 0.29) is 24.0 Å². The molecular formula is C24H35IN4O2. The Kier molecular flexibility index (Phi) is 10.9. The lowest BCUT2D eigenvalue weighted by Gasteiger charge is -2.26. The highest BCUT2D eigenvalue weighted by Crippen LogP contribution is 2.24. The minimum absolute atomic E-state index is 0. The number of hydrogen-bond donors (Lipinski definition) is 2. The number of rotatable bonds is 8. The molecule has 0 unspecified atom stereocenters. The highest BCUT2D eigenvalue weighted by Gasteiger charge is 2.10. The van der Waals surface area contributed by atoms with Crippen molar-refractivity contribution in [2.24, 2.45) is 4.99 Å². The van der Waals surface area contributed by atoms with E-state index in [0.717, 1.165) is 36.1 Å². The number of methoxy groups -OCH3 is 2. The van der Waals surface area contributed by atoms with E-state index in [9.17, 15) is 0 Å². The highest BCUT2D eigenvalue weighted by atomic mass is 127. The molecule has 170 valence electrons. The molecular weight excluding hydrogens is 503 g/mol. The van der Waals surface area contributed by atoms with Crippen molar-refractivity contribution in [3.8, 4) is 11.5 Å². The number of halogens is 1. The van der Waals surface area contributed by atoms with E-state index in [1.807, 2.05) is 18.2 Å². The average Bonchev–Trinajstić information content (AvgIpc) is 2.80. The van der Waals surface area contributed by atoms with Crippen LogP contribution in [0.5, 0.6) is 11.5 Å². The lowest BCUT2D eigenvalue weighted by Crippen LogP contribution is -2.36. The Morgan fingerprint density at radius 3 is 2.23 bits per heavy atom. The summed E-state index contributed by atoms with van der Waals surface area (Å²) >= 11 is 0. The molecule has 1 heterocycles. The number of nitrogens with zero attached hydrogens (tertiary/aromatic N) is 2. The molecule has 2 aromatic carbocycles. The molecule has 7 heteroatoms. The van der Waals surface area contributed by atoms with Gasteiger partial charge in [0, 0.05) is 38.3 Å². The maximum atomic E-state index is 5.46. The van der Waals surface area contributed by atoms with Gasteiger partial charge in [-0.15, -0.1) is 24.0 Å². The predicted octanol–water partition coefficient (Wildman–Crippen LogP) is 4.17. The molecule has 1 saturated heterocycles. The number of benzene rings is 2. The van der Waals surface area contributed by atoms with Crippen LogP contribution in [-0.4, -0.2) is 45.2 Å². The lowest BCUT2D eigenvalue weighted by atomic mass is 10.1. The van der Waals surface area contributed by atoms with Crippen LogP contribution in [0.2, 0.25) is 0 Å². The fraction of sp³-hybridized carbons (Fsp3) is 0.458. The predicted molar refractivity (Wildman–Crippen MR) is 138 cm³/mol. The number of likely N-dealkylation sites (tertiary alicyclic amines) is 1. The summed E-state index contributed by atoms with van der Waals surface area (Å²) in [5.41, 5.74) is 3.67. The average molecular weight is 538 g/mol. The number of ether oxygens (including phenoxy) is 2. The third-order valence-electron chi connectivity index (χ3n) is 5.50. The van der Waals surface area contributed by atoms with Gasteiger partial charge in [0.05, 0.1) is 14.2 Å². The van der Waals surface area contributed by atoms with Crippen molar-refractivity contribution in [2.75, 3.05) is 34.4 Å². The summed E-state index contributed by atoms with van der Waals surface area (Å²) in [6.07, 6.45) is 4.04. The molecule has 3 rings (SSSR count). The minimum Gasteiger partial charge on any atom is -0.497 e. The third-order valence-corrected chi connectivity index (χ3v) is 5.50. The minimum atomic E-state index is 0. The SMILES string of the molecule is CN=C(NCc1ccc(CN2CCCCC2)cc1)NCc1ccc(OC)cc1OC.I. The molecule has 31 heavy (non-hydrogen) atoms. The monoisotopic (exact) mass is 538 g/mol. The first-order valence-corrected chi connectivity index (χ1v) is 10.7. The molecule has 1 aliphatic heterocycles. The normalized spacial score (nSPS) is 14.5. The van der Waals surface area contributed by atoms with Gasteiger partial charge in [-0.05, 0) is 49.2 Å². The Bertz CT molecular complexity index is 821. The fourth-order valence-corrected chi connectivity index (χ4v) is 3.72. The summed E-state index contributed by atoms with van der Waals surface area (Å²) in [6, 6.07) is 14.7. The maximum absolute atomic E-state index is 5.46. The molecule has 0 radical (unpaired) electrons. The Morgan fingerprint density at radius 2 is 1.58 bits per heavy atom. The van der Waals surface area contributed by atoms with Gasteiger partial charge in [0.25, 0.3) is 0 Å². The molecule has 0 bridgehead atoms. The van der Waals surface area contributed by atoms with E-state index < -0.39 is 0 Å². The molecule has 0 spiro atoms. The molecule has 0 saturated carbocycles. The van der Waals surface area contributed by atoms with Crippen molar-refractivity contribution in [3.05, 3.63) is 59.2 Å². The number of guanidine groups is 1. The Hall–Kier alpha value is -2.00. The van der Waals surface area contributed by atoms with Crippen LogP contribution < -0.4 is 20.1 Å². The first-order valence-electron chi connectivity index (χ1n) is 10.7. The van der Waals surface area contributed by atoms with Crippen molar-refractivity contribution in [2.45, 2.75) is 38.9 Å². The van der Waals surface area contributed by atoms with Gasteiger partial charge in [-0.3, -0.25) is 9.89 Å². The van der Waals surface area contributed by atoms with Gasteiger partial charge in [0.15, 0.2) is 5.96 Å². The van der Waals surface area contributed by atoms with Gasteiger partial charge in [-0.1, -0.05) is 30.7 Å². The molecule has 0 aliphatic carbocycles. The zero-order valence-corrected chi connectivity index (χ0v) is 21.1. The van der Waals surface area contributed by atoms with E-state index in [1.165, 1.54) is 43.5 Å². The molecule has 6 nitrogen and oxygen atoms in total. The van der Waals surface area contributed by atoms with Crippen LogP contribution in [0, 0.1) is 0 Å². The summed E-state index contributed by atoms with van der Waals surface area (Å²) in [7, 11) is 5.10. The number of piperidine rings is 1. The first-order chi connectivity index (χ1) is 14.7. The quantitative estimate of drug-likeness (QED) is 0.300. The van der Waals surface area contributed by atoms with Crippen LogP contribution in [0.25, 0.3) is 0 Å². The number of aliphatic imine (C=N–C) groups is 1. The second-order valence-electron chi connectivity index (χ2n) is 7.61. The van der Waals surface area contributed by atoms with Crippen LogP contribution in [0.15, 0.2) is 47.5 Å². The lowest BCUT2D eigenvalue weighted by molar-refractivity contribution is 0.221. The third kappa shape index (κ3) is 7.88. The second kappa shape index (κ2) is 13.4. The van der Waals surface area contributed by atoms with E-state index >= 15 is 0 Å². The van der Waals surface area contributed by atoms with Crippen LogP contribution in [0.4, 0.5) is 0 Å². The highest BCUT2D eigenvalue weighted by molar-refractivity contribution is 14.0. The topological polar surface area (TPSA) is 58.1 Å². The van der Waals surface area contributed by atoms with Gasteiger partial charge in [0.2, 0.25) is 0 Å². The van der Waals surface area contributed by atoms with Crippen molar-refractivity contribution in [3.63, 3.8) is 0 Å². The summed E-state index contributed by atoms with van der Waals surface area (Å²) in [5.74, 6) is 2.33. The maximum Gasteiger partial charge on any atom is 0.191 e. The molecule has 1 fully saturated rings.